The van der Waals surface area contributed by atoms with E-state index < -0.39 is 5.97 Å². The molecule has 98 valence electrons. The Morgan fingerprint density at radius 1 is 1.56 bits per heavy atom. The van der Waals surface area contributed by atoms with E-state index in [0.717, 1.165) is 18.8 Å². The third kappa shape index (κ3) is 2.87. The van der Waals surface area contributed by atoms with Crippen molar-refractivity contribution in [3.05, 3.63) is 24.0 Å². The summed E-state index contributed by atoms with van der Waals surface area (Å²) in [5, 5.41) is 9.42. The van der Waals surface area contributed by atoms with E-state index in [2.05, 4.69) is 6.92 Å². The van der Waals surface area contributed by atoms with Gasteiger partial charge in [-0.2, -0.15) is 11.8 Å². The standard InChI is InChI=1S/C12H16N2O3S/c1-9-7-14(5-6-18-9)11(15)8-13-4-2-3-10(13)12(16)17/h2-4,9H,5-8H2,1H3,(H,16,17). The maximum absolute atomic E-state index is 12.1. The van der Waals surface area contributed by atoms with Crippen molar-refractivity contribution >= 4 is 23.6 Å². The Bertz CT molecular complexity index is 458. The molecular weight excluding hydrogens is 252 g/mol. The minimum absolute atomic E-state index is 0.0131. The highest BCUT2D eigenvalue weighted by Crippen LogP contribution is 2.18. The summed E-state index contributed by atoms with van der Waals surface area (Å²) in [6, 6.07) is 3.15. The van der Waals surface area contributed by atoms with Crippen molar-refractivity contribution in [2.24, 2.45) is 0 Å². The van der Waals surface area contributed by atoms with E-state index in [1.807, 2.05) is 16.7 Å². The van der Waals surface area contributed by atoms with Crippen LogP contribution in [0.15, 0.2) is 18.3 Å². The Labute approximate surface area is 110 Å². The van der Waals surface area contributed by atoms with E-state index in [9.17, 15) is 9.59 Å². The van der Waals surface area contributed by atoms with Crippen LogP contribution < -0.4 is 0 Å². The van der Waals surface area contributed by atoms with Crippen molar-refractivity contribution in [1.82, 2.24) is 9.47 Å². The SMILES string of the molecule is CC1CN(C(=O)Cn2cccc2C(=O)O)CCS1. The zero-order valence-corrected chi connectivity index (χ0v) is 11.0. The van der Waals surface area contributed by atoms with Crippen LogP contribution >= 0.6 is 11.8 Å². The van der Waals surface area contributed by atoms with Crippen LogP contribution in [0.1, 0.15) is 17.4 Å². The monoisotopic (exact) mass is 268 g/mol. The maximum atomic E-state index is 12.1. The molecule has 6 heteroatoms. The lowest BCUT2D eigenvalue weighted by molar-refractivity contribution is -0.131. The number of carboxylic acid groups (broad SMARTS) is 1. The molecule has 1 unspecified atom stereocenters. The van der Waals surface area contributed by atoms with Crippen molar-refractivity contribution < 1.29 is 14.7 Å². The summed E-state index contributed by atoms with van der Waals surface area (Å²) in [5.41, 5.74) is 0.155. The zero-order valence-electron chi connectivity index (χ0n) is 10.2. The molecular formula is C12H16N2O3S. The lowest BCUT2D eigenvalue weighted by atomic mass is 10.3. The molecule has 0 bridgehead atoms. The summed E-state index contributed by atoms with van der Waals surface area (Å²) in [4.78, 5) is 24.8. The summed E-state index contributed by atoms with van der Waals surface area (Å²) in [5.74, 6) is -0.0686. The molecule has 1 atom stereocenters. The Morgan fingerprint density at radius 3 is 3.00 bits per heavy atom. The van der Waals surface area contributed by atoms with Gasteiger partial charge >= 0.3 is 5.97 Å². The first-order valence-corrected chi connectivity index (χ1v) is 6.90. The van der Waals surface area contributed by atoms with E-state index in [-0.39, 0.29) is 18.1 Å². The molecule has 1 amide bonds. The van der Waals surface area contributed by atoms with Gasteiger partial charge in [0.15, 0.2) is 0 Å². The van der Waals surface area contributed by atoms with Gasteiger partial charge in [0, 0.05) is 30.3 Å². The number of carboxylic acids is 1. The van der Waals surface area contributed by atoms with Crippen LogP contribution in [-0.2, 0) is 11.3 Å². The molecule has 1 aliphatic heterocycles. The predicted octanol–water partition coefficient (Wildman–Crippen LogP) is 1.15. The van der Waals surface area contributed by atoms with Gasteiger partial charge in [0.25, 0.3) is 0 Å². The lowest BCUT2D eigenvalue weighted by Gasteiger charge is -2.30. The molecule has 5 nitrogen and oxygen atoms in total. The fraction of sp³-hybridized carbons (Fsp3) is 0.500. The van der Waals surface area contributed by atoms with Crippen LogP contribution in [0.2, 0.25) is 0 Å². The van der Waals surface area contributed by atoms with Gasteiger partial charge in [-0.1, -0.05) is 6.92 Å². The second-order valence-corrected chi connectivity index (χ2v) is 5.89. The van der Waals surface area contributed by atoms with Gasteiger partial charge in [-0.15, -0.1) is 0 Å². The van der Waals surface area contributed by atoms with Crippen LogP contribution in [0.25, 0.3) is 0 Å². The number of rotatable bonds is 3. The van der Waals surface area contributed by atoms with E-state index in [0.29, 0.717) is 5.25 Å². The third-order valence-electron chi connectivity index (χ3n) is 2.95. The normalized spacial score (nSPS) is 19.8. The van der Waals surface area contributed by atoms with Gasteiger partial charge in [0.2, 0.25) is 5.91 Å². The maximum Gasteiger partial charge on any atom is 0.352 e. The van der Waals surface area contributed by atoms with Gasteiger partial charge < -0.3 is 14.6 Å². The molecule has 1 fully saturated rings. The van der Waals surface area contributed by atoms with E-state index in [1.54, 1.807) is 12.3 Å². The highest BCUT2D eigenvalue weighted by atomic mass is 32.2. The summed E-state index contributed by atoms with van der Waals surface area (Å²) in [7, 11) is 0. The Kier molecular flexibility index (Phi) is 3.96. The second kappa shape index (κ2) is 5.48. The van der Waals surface area contributed by atoms with Crippen LogP contribution in [0.4, 0.5) is 0 Å². The number of aromatic carboxylic acids is 1. The van der Waals surface area contributed by atoms with Crippen molar-refractivity contribution in [2.75, 3.05) is 18.8 Å². The van der Waals surface area contributed by atoms with Gasteiger partial charge in [-0.3, -0.25) is 4.79 Å². The molecule has 2 heterocycles. The second-order valence-electron chi connectivity index (χ2n) is 4.35. The van der Waals surface area contributed by atoms with Crippen LogP contribution in [0.3, 0.4) is 0 Å². The van der Waals surface area contributed by atoms with Crippen molar-refractivity contribution in [3.8, 4) is 0 Å². The number of nitrogens with zero attached hydrogens (tertiary/aromatic N) is 2. The van der Waals surface area contributed by atoms with Crippen molar-refractivity contribution in [2.45, 2.75) is 18.7 Å². The topological polar surface area (TPSA) is 62.5 Å². The average Bonchev–Trinajstić information content (AvgIpc) is 2.77. The summed E-state index contributed by atoms with van der Waals surface area (Å²) < 4.78 is 1.48. The smallest absolute Gasteiger partial charge is 0.352 e. The van der Waals surface area contributed by atoms with Crippen molar-refractivity contribution in [3.63, 3.8) is 0 Å². The summed E-state index contributed by atoms with van der Waals surface area (Å²) in [6.45, 7) is 3.69. The minimum Gasteiger partial charge on any atom is -0.477 e. The first-order chi connectivity index (χ1) is 8.58. The van der Waals surface area contributed by atoms with Crippen molar-refractivity contribution in [1.29, 1.82) is 0 Å². The molecule has 0 saturated carbocycles. The third-order valence-corrected chi connectivity index (χ3v) is 4.08. The molecule has 0 radical (unpaired) electrons. The minimum atomic E-state index is -1.00. The summed E-state index contributed by atoms with van der Waals surface area (Å²) in [6.07, 6.45) is 1.63. The highest BCUT2D eigenvalue weighted by molar-refractivity contribution is 7.99. The number of hydrogen-bond acceptors (Lipinski definition) is 3. The number of amides is 1. The average molecular weight is 268 g/mol. The number of carbonyl (C=O) groups is 2. The largest absolute Gasteiger partial charge is 0.477 e. The number of hydrogen-bond donors (Lipinski definition) is 1. The predicted molar refractivity (Wildman–Crippen MR) is 69.9 cm³/mol. The molecule has 0 spiro atoms. The Balaban J connectivity index is 2.02. The molecule has 0 aromatic carbocycles. The quantitative estimate of drug-likeness (QED) is 0.893. The van der Waals surface area contributed by atoms with Gasteiger partial charge in [0.1, 0.15) is 12.2 Å². The molecule has 18 heavy (non-hydrogen) atoms. The Hall–Kier alpha value is -1.43. The zero-order chi connectivity index (χ0) is 13.1. The van der Waals surface area contributed by atoms with Gasteiger partial charge in [-0.25, -0.2) is 4.79 Å². The molecule has 1 aromatic heterocycles. The molecule has 1 N–H and O–H groups in total. The summed E-state index contributed by atoms with van der Waals surface area (Å²) >= 11 is 1.86. The van der Waals surface area contributed by atoms with Gasteiger partial charge in [0.05, 0.1) is 0 Å². The number of thioether (sulfide) groups is 1. The van der Waals surface area contributed by atoms with E-state index in [4.69, 9.17) is 5.11 Å². The number of carbonyl (C=O) groups excluding carboxylic acids is 1. The van der Waals surface area contributed by atoms with Crippen LogP contribution in [0, 0.1) is 0 Å². The fourth-order valence-corrected chi connectivity index (χ4v) is 3.05. The first kappa shape index (κ1) is 13.0. The highest BCUT2D eigenvalue weighted by Gasteiger charge is 2.22. The van der Waals surface area contributed by atoms with Crippen LogP contribution in [0.5, 0.6) is 0 Å². The molecule has 1 aliphatic rings. The molecule has 0 aliphatic carbocycles. The molecule has 2 rings (SSSR count). The van der Waals surface area contributed by atoms with E-state index in [1.165, 1.54) is 10.6 Å². The fourth-order valence-electron chi connectivity index (χ4n) is 2.04. The molecule has 1 saturated heterocycles. The number of aromatic nitrogens is 1. The first-order valence-electron chi connectivity index (χ1n) is 5.85. The molecule has 1 aromatic rings. The Morgan fingerprint density at radius 2 is 2.33 bits per heavy atom. The van der Waals surface area contributed by atoms with Gasteiger partial charge in [-0.05, 0) is 12.1 Å². The lowest BCUT2D eigenvalue weighted by Crippen LogP contribution is -2.42. The van der Waals surface area contributed by atoms with Crippen LogP contribution in [-0.4, -0.2) is 50.5 Å². The van der Waals surface area contributed by atoms with E-state index >= 15 is 0 Å².